The molecule has 0 aromatic carbocycles. The van der Waals surface area contributed by atoms with Gasteiger partial charge in [-0.05, 0) is 32.2 Å². The normalized spacial score (nSPS) is 15.5. The van der Waals surface area contributed by atoms with Crippen molar-refractivity contribution < 1.29 is 9.84 Å². The topological polar surface area (TPSA) is 58.7 Å². The summed E-state index contributed by atoms with van der Waals surface area (Å²) in [7, 11) is 1.73. The molecule has 0 rings (SSSR count). The van der Waals surface area contributed by atoms with Gasteiger partial charge in [-0.15, -0.1) is 0 Å². The smallest absolute Gasteiger partial charge is 0.0741 e. The lowest BCUT2D eigenvalue weighted by molar-refractivity contribution is 0.0524. The van der Waals surface area contributed by atoms with Gasteiger partial charge in [0.15, 0.2) is 0 Å². The number of hydrogen-bond donors (Lipinski definition) is 2. The lowest BCUT2D eigenvalue weighted by Crippen LogP contribution is -2.36. The third-order valence-electron chi connectivity index (χ3n) is 2.86. The van der Waals surface area contributed by atoms with Crippen LogP contribution in [0.1, 0.15) is 33.6 Å². The maximum Gasteiger partial charge on any atom is 0.0741 e. The van der Waals surface area contributed by atoms with E-state index in [0.29, 0.717) is 12.5 Å². The van der Waals surface area contributed by atoms with Crippen LogP contribution in [0.25, 0.3) is 0 Å². The van der Waals surface area contributed by atoms with E-state index in [2.05, 4.69) is 18.7 Å². The highest BCUT2D eigenvalue weighted by molar-refractivity contribution is 4.74. The molecule has 0 aromatic heterocycles. The van der Waals surface area contributed by atoms with Crippen molar-refractivity contribution >= 4 is 0 Å². The van der Waals surface area contributed by atoms with E-state index in [1.54, 1.807) is 14.0 Å². The van der Waals surface area contributed by atoms with Crippen molar-refractivity contribution in [1.29, 1.82) is 0 Å². The second-order valence-corrected chi connectivity index (χ2v) is 5.49. The maximum absolute atomic E-state index is 9.83. The predicted molar refractivity (Wildman–Crippen MR) is 72.1 cm³/mol. The van der Waals surface area contributed by atoms with Crippen LogP contribution in [-0.4, -0.2) is 55.5 Å². The Labute approximate surface area is 106 Å². The highest BCUT2D eigenvalue weighted by Crippen LogP contribution is 2.11. The Hall–Kier alpha value is -0.160. The molecule has 1 unspecified atom stereocenters. The van der Waals surface area contributed by atoms with Crippen LogP contribution in [0.15, 0.2) is 0 Å². The molecule has 104 valence electrons. The van der Waals surface area contributed by atoms with Crippen molar-refractivity contribution in [2.75, 3.05) is 39.9 Å². The monoisotopic (exact) mass is 246 g/mol. The van der Waals surface area contributed by atoms with E-state index < -0.39 is 5.60 Å². The molecule has 0 saturated carbocycles. The van der Waals surface area contributed by atoms with Gasteiger partial charge in [0, 0.05) is 26.7 Å². The van der Waals surface area contributed by atoms with Crippen LogP contribution in [0.5, 0.6) is 0 Å². The third-order valence-corrected chi connectivity index (χ3v) is 2.86. The van der Waals surface area contributed by atoms with Crippen LogP contribution < -0.4 is 5.73 Å². The molecule has 4 nitrogen and oxygen atoms in total. The molecule has 3 N–H and O–H groups in total. The minimum atomic E-state index is -0.718. The zero-order valence-electron chi connectivity index (χ0n) is 11.9. The molecule has 0 aliphatic carbocycles. The van der Waals surface area contributed by atoms with E-state index in [4.69, 9.17) is 10.5 Å². The molecule has 0 aromatic rings. The fourth-order valence-corrected chi connectivity index (χ4v) is 1.82. The predicted octanol–water partition coefficient (Wildman–Crippen LogP) is 1.08. The number of ether oxygens (including phenoxy) is 1. The number of aliphatic hydroxyl groups is 1. The van der Waals surface area contributed by atoms with Gasteiger partial charge in [-0.3, -0.25) is 0 Å². The minimum Gasteiger partial charge on any atom is -0.389 e. The second-order valence-electron chi connectivity index (χ2n) is 5.49. The molecule has 1 atom stereocenters. The van der Waals surface area contributed by atoms with Gasteiger partial charge >= 0.3 is 0 Å². The lowest BCUT2D eigenvalue weighted by Gasteiger charge is -2.26. The molecule has 17 heavy (non-hydrogen) atoms. The summed E-state index contributed by atoms with van der Waals surface area (Å²) in [6.07, 6.45) is 1.73. The molecular formula is C13H30N2O2. The molecule has 0 aliphatic rings. The third kappa shape index (κ3) is 9.53. The molecule has 0 heterocycles. The van der Waals surface area contributed by atoms with Gasteiger partial charge in [0.25, 0.3) is 0 Å². The number of methoxy groups -OCH3 is 1. The highest BCUT2D eigenvalue weighted by Gasteiger charge is 2.18. The summed E-state index contributed by atoms with van der Waals surface area (Å²) in [6.45, 7) is 10.4. The van der Waals surface area contributed by atoms with Crippen LogP contribution >= 0.6 is 0 Å². The Balaban J connectivity index is 3.90. The van der Waals surface area contributed by atoms with E-state index in [9.17, 15) is 5.11 Å². The summed E-state index contributed by atoms with van der Waals surface area (Å²) in [5.41, 5.74) is 4.78. The van der Waals surface area contributed by atoms with Crippen LogP contribution in [0.4, 0.5) is 0 Å². The first-order chi connectivity index (χ1) is 7.91. The van der Waals surface area contributed by atoms with Gasteiger partial charge in [-0.25, -0.2) is 0 Å². The maximum atomic E-state index is 9.83. The van der Waals surface area contributed by atoms with Crippen molar-refractivity contribution in [1.82, 2.24) is 4.90 Å². The van der Waals surface area contributed by atoms with Crippen molar-refractivity contribution in [3.63, 3.8) is 0 Å². The molecule has 4 heteroatoms. The molecule has 0 radical (unpaired) electrons. The average molecular weight is 246 g/mol. The van der Waals surface area contributed by atoms with Gasteiger partial charge < -0.3 is 20.5 Å². The van der Waals surface area contributed by atoms with Crippen LogP contribution in [-0.2, 0) is 4.74 Å². The van der Waals surface area contributed by atoms with Crippen molar-refractivity contribution in [3.05, 3.63) is 0 Å². The van der Waals surface area contributed by atoms with E-state index >= 15 is 0 Å². The second kappa shape index (κ2) is 8.86. The molecule has 0 aliphatic heterocycles. The molecule has 0 amide bonds. The first-order valence-corrected chi connectivity index (χ1v) is 6.55. The number of nitrogens with two attached hydrogens (primary N) is 1. The number of hydrogen-bond acceptors (Lipinski definition) is 4. The van der Waals surface area contributed by atoms with Crippen LogP contribution in [0, 0.1) is 5.92 Å². The quantitative estimate of drug-likeness (QED) is 0.605. The van der Waals surface area contributed by atoms with Gasteiger partial charge in [-0.1, -0.05) is 13.8 Å². The summed E-state index contributed by atoms with van der Waals surface area (Å²) in [5.74, 6) is 0.655. The average Bonchev–Trinajstić information content (AvgIpc) is 2.24. The summed E-state index contributed by atoms with van der Waals surface area (Å²) in [4.78, 5) is 2.39. The first kappa shape index (κ1) is 16.8. The zero-order valence-corrected chi connectivity index (χ0v) is 11.9. The van der Waals surface area contributed by atoms with E-state index in [1.807, 2.05) is 0 Å². The van der Waals surface area contributed by atoms with Crippen LogP contribution in [0.3, 0.4) is 0 Å². The molecule has 0 saturated heterocycles. The summed E-state index contributed by atoms with van der Waals surface area (Å²) in [5, 5.41) is 9.83. The number of rotatable bonds is 10. The summed E-state index contributed by atoms with van der Waals surface area (Å²) < 4.78 is 5.11. The Morgan fingerprint density at radius 2 is 2.00 bits per heavy atom. The summed E-state index contributed by atoms with van der Waals surface area (Å²) in [6, 6.07) is 0. The van der Waals surface area contributed by atoms with Crippen molar-refractivity contribution in [3.8, 4) is 0 Å². The Morgan fingerprint density at radius 1 is 1.35 bits per heavy atom. The first-order valence-electron chi connectivity index (χ1n) is 6.55. The molecule has 0 fully saturated rings. The van der Waals surface area contributed by atoms with Gasteiger partial charge in [0.2, 0.25) is 0 Å². The Bertz CT molecular complexity index is 184. The van der Waals surface area contributed by atoms with Crippen molar-refractivity contribution in [2.45, 2.75) is 39.2 Å². The molecule has 0 bridgehead atoms. The van der Waals surface area contributed by atoms with Gasteiger partial charge in [0.1, 0.15) is 0 Å². The SMILES string of the molecule is COCCN(CCCC(C)(O)CN)CC(C)C. The van der Waals surface area contributed by atoms with E-state index in [-0.39, 0.29) is 0 Å². The van der Waals surface area contributed by atoms with Crippen LogP contribution in [0.2, 0.25) is 0 Å². The highest BCUT2D eigenvalue weighted by atomic mass is 16.5. The van der Waals surface area contributed by atoms with E-state index in [0.717, 1.165) is 39.1 Å². The fourth-order valence-electron chi connectivity index (χ4n) is 1.82. The molecular weight excluding hydrogens is 216 g/mol. The minimum absolute atomic E-state index is 0.329. The Kier molecular flexibility index (Phi) is 8.78. The largest absolute Gasteiger partial charge is 0.389 e. The van der Waals surface area contributed by atoms with Gasteiger partial charge in [0.05, 0.1) is 12.2 Å². The fraction of sp³-hybridized carbons (Fsp3) is 1.00. The standard InChI is InChI=1S/C13H30N2O2/c1-12(2)10-15(8-9-17-4)7-5-6-13(3,16)11-14/h12,16H,5-11,14H2,1-4H3. The zero-order chi connectivity index (χ0) is 13.3. The van der Waals surface area contributed by atoms with Crippen molar-refractivity contribution in [2.24, 2.45) is 11.7 Å². The van der Waals surface area contributed by atoms with Gasteiger partial charge in [-0.2, -0.15) is 0 Å². The summed E-state index contributed by atoms with van der Waals surface area (Å²) >= 11 is 0. The van der Waals surface area contributed by atoms with E-state index in [1.165, 1.54) is 0 Å². The lowest BCUT2D eigenvalue weighted by atomic mass is 10.0. The number of nitrogens with zero attached hydrogens (tertiary/aromatic N) is 1. The Morgan fingerprint density at radius 3 is 2.47 bits per heavy atom. The molecule has 0 spiro atoms.